The second-order valence-electron chi connectivity index (χ2n) is 5.48. The molecule has 0 amide bonds. The molecule has 0 aliphatic carbocycles. The zero-order valence-corrected chi connectivity index (χ0v) is 14.9. The minimum absolute atomic E-state index is 0.0277. The normalized spacial score (nSPS) is 12.5. The Labute approximate surface area is 154 Å². The van der Waals surface area contributed by atoms with Crippen molar-refractivity contribution in [3.05, 3.63) is 74.8 Å². The molecule has 0 spiro atoms. The highest BCUT2D eigenvalue weighted by Crippen LogP contribution is 2.30. The minimum atomic E-state index is -3.92. The van der Waals surface area contributed by atoms with Gasteiger partial charge >= 0.3 is 5.97 Å². The molecule has 0 aliphatic heterocycles. The summed E-state index contributed by atoms with van der Waals surface area (Å²) in [4.78, 5) is 21.4. The Balaban J connectivity index is 2.34. The highest BCUT2D eigenvalue weighted by molar-refractivity contribution is 7.88. The van der Waals surface area contributed by atoms with Crippen molar-refractivity contribution in [3.63, 3.8) is 0 Å². The lowest BCUT2D eigenvalue weighted by Gasteiger charge is -2.18. The number of halogens is 1. The average molecular weight is 399 g/mol. The van der Waals surface area contributed by atoms with E-state index in [1.807, 2.05) is 0 Å². The number of aliphatic carboxylic acids is 1. The first-order chi connectivity index (χ1) is 12.2. The van der Waals surface area contributed by atoms with Crippen molar-refractivity contribution < 1.29 is 23.2 Å². The predicted molar refractivity (Wildman–Crippen MR) is 95.3 cm³/mol. The van der Waals surface area contributed by atoms with Crippen LogP contribution in [0.3, 0.4) is 0 Å². The Morgan fingerprint density at radius 3 is 2.46 bits per heavy atom. The van der Waals surface area contributed by atoms with Crippen LogP contribution in [0.25, 0.3) is 0 Å². The molecule has 138 valence electrons. The lowest BCUT2D eigenvalue weighted by atomic mass is 10.0. The number of carbonyl (C=O) groups is 1. The third-order valence-electron chi connectivity index (χ3n) is 3.47. The quantitative estimate of drug-likeness (QED) is 0.520. The first-order valence-corrected chi connectivity index (χ1v) is 9.40. The molecule has 0 saturated heterocycles. The highest BCUT2D eigenvalue weighted by atomic mass is 35.5. The maximum absolute atomic E-state index is 12.4. The number of nitro benzene ring substituents is 1. The number of nitrogens with zero attached hydrogens (tertiary/aromatic N) is 1. The van der Waals surface area contributed by atoms with Crippen LogP contribution in [0.2, 0.25) is 5.02 Å². The van der Waals surface area contributed by atoms with Gasteiger partial charge in [-0.1, -0.05) is 41.9 Å². The number of non-ortho nitro benzene ring substituents is 1. The van der Waals surface area contributed by atoms with Crippen LogP contribution in [0.5, 0.6) is 0 Å². The van der Waals surface area contributed by atoms with Gasteiger partial charge in [0.1, 0.15) is 0 Å². The number of benzene rings is 2. The molecule has 1 atom stereocenters. The number of carboxylic acid groups (broad SMARTS) is 1. The Morgan fingerprint density at radius 2 is 1.88 bits per heavy atom. The Hall–Kier alpha value is -2.49. The van der Waals surface area contributed by atoms with E-state index in [9.17, 15) is 23.3 Å². The highest BCUT2D eigenvalue weighted by Gasteiger charge is 2.26. The van der Waals surface area contributed by atoms with E-state index < -0.39 is 33.4 Å². The first-order valence-electron chi connectivity index (χ1n) is 7.37. The number of nitrogens with one attached hydrogen (secondary N) is 1. The Bertz CT molecular complexity index is 918. The second-order valence-corrected chi connectivity index (χ2v) is 7.64. The molecule has 0 fully saturated rings. The molecule has 2 rings (SSSR count). The van der Waals surface area contributed by atoms with Gasteiger partial charge in [0.25, 0.3) is 5.69 Å². The van der Waals surface area contributed by atoms with Crippen molar-refractivity contribution in [2.45, 2.75) is 18.2 Å². The predicted octanol–water partition coefficient (Wildman–Crippen LogP) is 2.88. The van der Waals surface area contributed by atoms with Gasteiger partial charge in [0.15, 0.2) is 0 Å². The zero-order valence-electron chi connectivity index (χ0n) is 13.3. The summed E-state index contributed by atoms with van der Waals surface area (Å²) < 4.78 is 27.1. The van der Waals surface area contributed by atoms with Gasteiger partial charge in [-0.3, -0.25) is 14.9 Å². The topological polar surface area (TPSA) is 127 Å². The van der Waals surface area contributed by atoms with Crippen molar-refractivity contribution in [1.82, 2.24) is 4.72 Å². The fourth-order valence-electron chi connectivity index (χ4n) is 2.35. The van der Waals surface area contributed by atoms with Gasteiger partial charge in [-0.15, -0.1) is 0 Å². The second kappa shape index (κ2) is 8.26. The summed E-state index contributed by atoms with van der Waals surface area (Å²) in [5.41, 5.74) is 0.223. The van der Waals surface area contributed by atoms with Crippen LogP contribution in [-0.2, 0) is 20.6 Å². The van der Waals surface area contributed by atoms with E-state index in [4.69, 9.17) is 16.7 Å². The molecule has 2 aromatic rings. The van der Waals surface area contributed by atoms with Gasteiger partial charge in [0, 0.05) is 17.2 Å². The maximum Gasteiger partial charge on any atom is 0.305 e. The SMILES string of the molecule is O=C(O)C[C@@H](NS(=O)(=O)Cc1ccccc1)c1cc([N+](=O)[O-])ccc1Cl. The van der Waals surface area contributed by atoms with E-state index in [2.05, 4.69) is 4.72 Å². The molecular formula is C16H15ClN2O6S. The monoisotopic (exact) mass is 398 g/mol. The fourth-order valence-corrected chi connectivity index (χ4v) is 3.96. The van der Waals surface area contributed by atoms with Crippen molar-refractivity contribution >= 4 is 33.3 Å². The molecule has 0 unspecified atom stereocenters. The van der Waals surface area contributed by atoms with E-state index in [1.165, 1.54) is 6.07 Å². The van der Waals surface area contributed by atoms with Crippen LogP contribution < -0.4 is 4.72 Å². The smallest absolute Gasteiger partial charge is 0.305 e. The number of hydrogen-bond donors (Lipinski definition) is 2. The van der Waals surface area contributed by atoms with Gasteiger partial charge in [-0.05, 0) is 17.2 Å². The summed E-state index contributed by atoms with van der Waals surface area (Å²) >= 11 is 6.02. The third-order valence-corrected chi connectivity index (χ3v) is 5.17. The van der Waals surface area contributed by atoms with E-state index >= 15 is 0 Å². The van der Waals surface area contributed by atoms with Gasteiger partial charge in [0.05, 0.1) is 23.1 Å². The summed E-state index contributed by atoms with van der Waals surface area (Å²) in [6, 6.07) is 10.5. The number of sulfonamides is 1. The molecule has 0 aliphatic rings. The summed E-state index contributed by atoms with van der Waals surface area (Å²) in [6.07, 6.45) is -0.616. The van der Waals surface area contributed by atoms with E-state index in [0.29, 0.717) is 5.56 Å². The third kappa shape index (κ3) is 5.51. The standard InChI is InChI=1S/C16H15ClN2O6S/c17-14-7-6-12(19(22)23)8-13(14)15(9-16(20)21)18-26(24,25)10-11-4-2-1-3-5-11/h1-8,15,18H,9-10H2,(H,20,21)/t15-/m1/s1. The Morgan fingerprint density at radius 1 is 1.23 bits per heavy atom. The molecule has 26 heavy (non-hydrogen) atoms. The van der Waals surface area contributed by atoms with E-state index in [0.717, 1.165) is 12.1 Å². The lowest BCUT2D eigenvalue weighted by molar-refractivity contribution is -0.384. The zero-order chi connectivity index (χ0) is 19.3. The van der Waals surface area contributed by atoms with Crippen LogP contribution in [0.15, 0.2) is 48.5 Å². The van der Waals surface area contributed by atoms with Crippen molar-refractivity contribution in [2.24, 2.45) is 0 Å². The maximum atomic E-state index is 12.4. The minimum Gasteiger partial charge on any atom is -0.481 e. The summed E-state index contributed by atoms with van der Waals surface area (Å²) in [7, 11) is -3.92. The lowest BCUT2D eigenvalue weighted by Crippen LogP contribution is -2.31. The molecule has 8 nitrogen and oxygen atoms in total. The summed E-state index contributed by atoms with van der Waals surface area (Å²) in [5.74, 6) is -1.64. The van der Waals surface area contributed by atoms with Gasteiger partial charge in [-0.2, -0.15) is 0 Å². The van der Waals surface area contributed by atoms with Crippen LogP contribution in [0, 0.1) is 10.1 Å². The molecule has 2 aromatic carbocycles. The summed E-state index contributed by atoms with van der Waals surface area (Å²) in [6.45, 7) is 0. The average Bonchev–Trinajstić information content (AvgIpc) is 2.54. The Kier molecular flexibility index (Phi) is 6.30. The fraction of sp³-hybridized carbons (Fsp3) is 0.188. The number of carboxylic acids is 1. The van der Waals surface area contributed by atoms with Crippen LogP contribution in [0.1, 0.15) is 23.6 Å². The molecule has 10 heteroatoms. The molecular weight excluding hydrogens is 384 g/mol. The molecule has 2 N–H and O–H groups in total. The number of hydrogen-bond acceptors (Lipinski definition) is 5. The van der Waals surface area contributed by atoms with Crippen LogP contribution >= 0.6 is 11.6 Å². The molecule has 0 bridgehead atoms. The van der Waals surface area contributed by atoms with Crippen LogP contribution in [-0.4, -0.2) is 24.4 Å². The van der Waals surface area contributed by atoms with E-state index in [1.54, 1.807) is 30.3 Å². The van der Waals surface area contributed by atoms with Gasteiger partial charge in [-0.25, -0.2) is 13.1 Å². The number of rotatable bonds is 8. The van der Waals surface area contributed by atoms with Crippen molar-refractivity contribution in [2.75, 3.05) is 0 Å². The molecule has 0 saturated carbocycles. The van der Waals surface area contributed by atoms with Crippen molar-refractivity contribution in [3.8, 4) is 0 Å². The van der Waals surface area contributed by atoms with Gasteiger partial charge < -0.3 is 5.11 Å². The largest absolute Gasteiger partial charge is 0.481 e. The van der Waals surface area contributed by atoms with Crippen LogP contribution in [0.4, 0.5) is 5.69 Å². The van der Waals surface area contributed by atoms with E-state index in [-0.39, 0.29) is 22.0 Å². The summed E-state index contributed by atoms with van der Waals surface area (Å²) in [5, 5.41) is 20.1. The molecule has 0 radical (unpaired) electrons. The number of nitro groups is 1. The molecule has 0 aromatic heterocycles. The van der Waals surface area contributed by atoms with Crippen molar-refractivity contribution in [1.29, 1.82) is 0 Å². The first kappa shape index (κ1) is 19.8. The van der Waals surface area contributed by atoms with Gasteiger partial charge in [0.2, 0.25) is 10.0 Å². The molecule has 0 heterocycles.